The molecule has 1 aliphatic rings. The van der Waals surface area contributed by atoms with E-state index >= 15 is 0 Å². The molecule has 5 nitrogen and oxygen atoms in total. The van der Waals surface area contributed by atoms with Gasteiger partial charge in [-0.15, -0.1) is 0 Å². The van der Waals surface area contributed by atoms with Gasteiger partial charge in [-0.2, -0.15) is 0 Å². The number of rotatable bonds is 7. The van der Waals surface area contributed by atoms with Crippen LogP contribution < -0.4 is 16.0 Å². The number of hydrogen-bond donors (Lipinski definition) is 3. The van der Waals surface area contributed by atoms with Gasteiger partial charge >= 0.3 is 0 Å². The number of hydrogen-bond acceptors (Lipinski definition) is 2. The molecule has 1 aromatic carbocycles. The smallest absolute Gasteiger partial charge is 0.223 e. The second-order valence-corrected chi connectivity index (χ2v) is 6.87. The molecule has 0 aromatic heterocycles. The summed E-state index contributed by atoms with van der Waals surface area (Å²) in [5.74, 6) is 0.880. The van der Waals surface area contributed by atoms with E-state index in [2.05, 4.69) is 20.9 Å². The van der Waals surface area contributed by atoms with Crippen LogP contribution in [0.15, 0.2) is 23.2 Å². The lowest BCUT2D eigenvalue weighted by Crippen LogP contribution is -2.43. The van der Waals surface area contributed by atoms with Gasteiger partial charge in [0.1, 0.15) is 5.82 Å². The third-order valence-corrected chi connectivity index (χ3v) is 4.91. The van der Waals surface area contributed by atoms with Gasteiger partial charge in [0.05, 0.1) is 0 Å². The zero-order valence-corrected chi connectivity index (χ0v) is 15.9. The number of carbonyl (C=O) groups is 1. The quantitative estimate of drug-likeness (QED) is 0.397. The number of halogens is 1. The van der Waals surface area contributed by atoms with Crippen molar-refractivity contribution >= 4 is 11.9 Å². The van der Waals surface area contributed by atoms with Crippen LogP contribution in [-0.2, 0) is 11.2 Å². The van der Waals surface area contributed by atoms with Gasteiger partial charge < -0.3 is 16.0 Å². The molecule has 1 aromatic rings. The number of nitrogens with one attached hydrogen (secondary N) is 3. The Bertz CT molecular complexity index is 612. The predicted octanol–water partition coefficient (Wildman–Crippen LogP) is 2.54. The van der Waals surface area contributed by atoms with E-state index in [1.807, 2.05) is 13.0 Å². The highest BCUT2D eigenvalue weighted by atomic mass is 19.1. The van der Waals surface area contributed by atoms with Crippen molar-refractivity contribution in [1.82, 2.24) is 16.0 Å². The Labute approximate surface area is 155 Å². The van der Waals surface area contributed by atoms with Crippen LogP contribution >= 0.6 is 0 Å². The molecule has 0 aliphatic heterocycles. The second kappa shape index (κ2) is 10.8. The number of benzene rings is 1. The predicted molar refractivity (Wildman–Crippen MR) is 104 cm³/mol. The highest BCUT2D eigenvalue weighted by Gasteiger charge is 2.20. The number of carbonyl (C=O) groups excluding carboxylic acids is 1. The minimum absolute atomic E-state index is 0.182. The first-order valence-corrected chi connectivity index (χ1v) is 9.57. The zero-order chi connectivity index (χ0) is 18.8. The molecule has 0 bridgehead atoms. The van der Waals surface area contributed by atoms with E-state index in [9.17, 15) is 9.18 Å². The van der Waals surface area contributed by atoms with Gasteiger partial charge in [-0.1, -0.05) is 25.3 Å². The van der Waals surface area contributed by atoms with Crippen LogP contribution in [0.3, 0.4) is 0 Å². The summed E-state index contributed by atoms with van der Waals surface area (Å²) in [4.78, 5) is 16.3. The fourth-order valence-corrected chi connectivity index (χ4v) is 3.35. The largest absolute Gasteiger partial charge is 0.356 e. The lowest BCUT2D eigenvalue weighted by molar-refractivity contribution is -0.125. The molecule has 0 heterocycles. The van der Waals surface area contributed by atoms with Gasteiger partial charge in [0, 0.05) is 32.6 Å². The highest BCUT2D eigenvalue weighted by molar-refractivity contribution is 5.80. The molecular formula is C20H31FN4O. The molecule has 0 saturated heterocycles. The minimum Gasteiger partial charge on any atom is -0.356 e. The van der Waals surface area contributed by atoms with Crippen molar-refractivity contribution in [2.75, 3.05) is 26.7 Å². The van der Waals surface area contributed by atoms with Gasteiger partial charge in [-0.3, -0.25) is 9.79 Å². The van der Waals surface area contributed by atoms with Crippen LogP contribution in [0.2, 0.25) is 0 Å². The Balaban J connectivity index is 1.62. The number of amides is 1. The van der Waals surface area contributed by atoms with Crippen molar-refractivity contribution < 1.29 is 9.18 Å². The molecule has 144 valence electrons. The molecular weight excluding hydrogens is 331 g/mol. The monoisotopic (exact) mass is 362 g/mol. The fourth-order valence-electron chi connectivity index (χ4n) is 3.35. The van der Waals surface area contributed by atoms with Crippen LogP contribution in [-0.4, -0.2) is 38.5 Å². The average molecular weight is 362 g/mol. The normalized spacial score (nSPS) is 15.6. The lowest BCUT2D eigenvalue weighted by atomic mass is 9.89. The van der Waals surface area contributed by atoms with E-state index in [1.54, 1.807) is 13.1 Å². The Morgan fingerprint density at radius 3 is 2.50 bits per heavy atom. The number of nitrogens with zero attached hydrogens (tertiary/aromatic N) is 1. The van der Waals surface area contributed by atoms with Crippen LogP contribution in [0.5, 0.6) is 0 Å². The maximum atomic E-state index is 13.1. The van der Waals surface area contributed by atoms with E-state index in [-0.39, 0.29) is 17.6 Å². The van der Waals surface area contributed by atoms with Crippen molar-refractivity contribution in [3.05, 3.63) is 35.1 Å². The summed E-state index contributed by atoms with van der Waals surface area (Å²) in [6, 6.07) is 4.87. The molecule has 1 amide bonds. The zero-order valence-electron chi connectivity index (χ0n) is 15.9. The first-order valence-electron chi connectivity index (χ1n) is 9.57. The summed E-state index contributed by atoms with van der Waals surface area (Å²) in [5, 5.41) is 9.45. The topological polar surface area (TPSA) is 65.5 Å². The maximum absolute atomic E-state index is 13.1. The molecule has 2 rings (SSSR count). The standard InChI is InChI=1S/C20H31FN4O/c1-15-14-18(21)9-8-16(15)10-11-24-20(22-2)25-13-12-23-19(26)17-6-4-3-5-7-17/h8-9,14,17H,3-7,10-13H2,1-2H3,(H,23,26)(H2,22,24,25). The Kier molecular flexibility index (Phi) is 8.38. The molecule has 1 saturated carbocycles. The summed E-state index contributed by atoms with van der Waals surface area (Å²) in [6.45, 7) is 3.85. The molecule has 3 N–H and O–H groups in total. The van der Waals surface area contributed by atoms with Crippen LogP contribution in [0, 0.1) is 18.7 Å². The highest BCUT2D eigenvalue weighted by Crippen LogP contribution is 2.23. The average Bonchev–Trinajstić information content (AvgIpc) is 2.65. The summed E-state index contributed by atoms with van der Waals surface area (Å²) >= 11 is 0. The van der Waals surface area contributed by atoms with Crippen molar-refractivity contribution in [3.8, 4) is 0 Å². The summed E-state index contributed by atoms with van der Waals surface area (Å²) in [6.07, 6.45) is 6.42. The first-order chi connectivity index (χ1) is 12.6. The lowest BCUT2D eigenvalue weighted by Gasteiger charge is -2.21. The number of aryl methyl sites for hydroxylation is 1. The fraction of sp³-hybridized carbons (Fsp3) is 0.600. The van der Waals surface area contributed by atoms with Crippen LogP contribution in [0.25, 0.3) is 0 Å². The number of guanidine groups is 1. The Morgan fingerprint density at radius 2 is 1.81 bits per heavy atom. The molecule has 0 spiro atoms. The van der Waals surface area contributed by atoms with E-state index in [0.29, 0.717) is 25.6 Å². The van der Waals surface area contributed by atoms with Gasteiger partial charge in [-0.05, 0) is 49.4 Å². The summed E-state index contributed by atoms with van der Waals surface area (Å²) < 4.78 is 13.1. The Hall–Kier alpha value is -2.11. The molecule has 26 heavy (non-hydrogen) atoms. The second-order valence-electron chi connectivity index (χ2n) is 6.87. The molecule has 0 radical (unpaired) electrons. The molecule has 0 atom stereocenters. The van der Waals surface area contributed by atoms with Gasteiger partial charge in [0.15, 0.2) is 5.96 Å². The van der Waals surface area contributed by atoms with E-state index in [0.717, 1.165) is 30.4 Å². The van der Waals surface area contributed by atoms with Crippen LogP contribution in [0.4, 0.5) is 4.39 Å². The maximum Gasteiger partial charge on any atom is 0.223 e. The molecule has 0 unspecified atom stereocenters. The van der Waals surface area contributed by atoms with Crippen LogP contribution in [0.1, 0.15) is 43.2 Å². The molecule has 6 heteroatoms. The van der Waals surface area contributed by atoms with E-state index in [4.69, 9.17) is 0 Å². The summed E-state index contributed by atoms with van der Waals surface area (Å²) in [7, 11) is 1.72. The van der Waals surface area contributed by atoms with Gasteiger partial charge in [-0.25, -0.2) is 4.39 Å². The van der Waals surface area contributed by atoms with Gasteiger partial charge in [0.25, 0.3) is 0 Å². The third kappa shape index (κ3) is 6.65. The van der Waals surface area contributed by atoms with Crippen molar-refractivity contribution in [2.45, 2.75) is 45.4 Å². The third-order valence-electron chi connectivity index (χ3n) is 4.91. The Morgan fingerprint density at radius 1 is 1.12 bits per heavy atom. The first kappa shape index (κ1) is 20.2. The molecule has 1 aliphatic carbocycles. The van der Waals surface area contributed by atoms with Crippen molar-refractivity contribution in [2.24, 2.45) is 10.9 Å². The molecule has 1 fully saturated rings. The van der Waals surface area contributed by atoms with E-state index in [1.165, 1.54) is 25.3 Å². The SMILES string of the molecule is CN=C(NCCNC(=O)C1CCCCC1)NCCc1ccc(F)cc1C. The number of aliphatic imine (C=N–C) groups is 1. The van der Waals surface area contributed by atoms with Crippen molar-refractivity contribution in [1.29, 1.82) is 0 Å². The summed E-state index contributed by atoms with van der Waals surface area (Å²) in [5.41, 5.74) is 2.08. The van der Waals surface area contributed by atoms with E-state index < -0.39 is 0 Å². The minimum atomic E-state index is -0.202. The van der Waals surface area contributed by atoms with Gasteiger partial charge in [0.2, 0.25) is 5.91 Å². The van der Waals surface area contributed by atoms with Crippen molar-refractivity contribution in [3.63, 3.8) is 0 Å².